The molecule has 0 unspecified atom stereocenters. The van der Waals surface area contributed by atoms with Crippen molar-refractivity contribution in [1.82, 2.24) is 14.7 Å². The molecule has 1 aromatic heterocycles. The Kier molecular flexibility index (Phi) is 7.33. The smallest absolute Gasteiger partial charge is 0.316 e. The average Bonchev–Trinajstić information content (AvgIpc) is 2.95. The number of carbonyl (C=O) groups excluding carboxylic acids is 1. The van der Waals surface area contributed by atoms with Crippen molar-refractivity contribution in [2.75, 3.05) is 38.2 Å². The van der Waals surface area contributed by atoms with E-state index in [9.17, 15) is 9.59 Å². The van der Waals surface area contributed by atoms with Gasteiger partial charge in [0.25, 0.3) is 0 Å². The molecule has 38 heavy (non-hydrogen) atoms. The maximum Gasteiger partial charge on any atom is 0.316 e. The van der Waals surface area contributed by atoms with Crippen LogP contribution in [0.1, 0.15) is 6.92 Å². The third-order valence-electron chi connectivity index (χ3n) is 6.53. The molecule has 5 rings (SSSR count). The SMILES string of the molecule is COc1cccc(-c2ccc(Oc3c(N4CCN(C(C)=O)CC4)cnn(-c4ccc(Cl)cc4)c3=O)cc2)c1. The van der Waals surface area contributed by atoms with Crippen LogP contribution in [0.4, 0.5) is 5.69 Å². The predicted molar refractivity (Wildman–Crippen MR) is 148 cm³/mol. The molecule has 0 N–H and O–H groups in total. The summed E-state index contributed by atoms with van der Waals surface area (Å²) in [5.74, 6) is 1.50. The fourth-order valence-electron chi connectivity index (χ4n) is 4.41. The van der Waals surface area contributed by atoms with Crippen LogP contribution in [0, 0.1) is 0 Å². The molecule has 2 heterocycles. The quantitative estimate of drug-likeness (QED) is 0.348. The van der Waals surface area contributed by atoms with E-state index in [0.717, 1.165) is 16.9 Å². The number of hydrogen-bond acceptors (Lipinski definition) is 6. The number of carbonyl (C=O) groups is 1. The van der Waals surface area contributed by atoms with Crippen LogP contribution in [0.15, 0.2) is 83.8 Å². The number of ether oxygens (including phenoxy) is 2. The van der Waals surface area contributed by atoms with Crippen molar-refractivity contribution in [2.24, 2.45) is 0 Å². The molecule has 1 amide bonds. The van der Waals surface area contributed by atoms with Crippen LogP contribution in [-0.4, -0.2) is 53.9 Å². The zero-order chi connectivity index (χ0) is 26.6. The summed E-state index contributed by atoms with van der Waals surface area (Å²) in [4.78, 5) is 29.3. The summed E-state index contributed by atoms with van der Waals surface area (Å²) in [6.45, 7) is 3.82. The van der Waals surface area contributed by atoms with Crippen molar-refractivity contribution in [1.29, 1.82) is 0 Å². The molecular formula is C29H27ClN4O4. The van der Waals surface area contributed by atoms with E-state index < -0.39 is 5.56 Å². The molecule has 0 aliphatic carbocycles. The monoisotopic (exact) mass is 530 g/mol. The summed E-state index contributed by atoms with van der Waals surface area (Å²) < 4.78 is 12.9. The maximum absolute atomic E-state index is 13.7. The van der Waals surface area contributed by atoms with Crippen LogP contribution in [-0.2, 0) is 4.79 Å². The van der Waals surface area contributed by atoms with Gasteiger partial charge in [0.1, 0.15) is 17.2 Å². The molecular weight excluding hydrogens is 504 g/mol. The molecule has 8 nitrogen and oxygen atoms in total. The normalized spacial score (nSPS) is 13.3. The largest absolute Gasteiger partial charge is 0.497 e. The highest BCUT2D eigenvalue weighted by Gasteiger charge is 2.25. The van der Waals surface area contributed by atoms with E-state index in [2.05, 4.69) is 5.10 Å². The van der Waals surface area contributed by atoms with Gasteiger partial charge in [-0.1, -0.05) is 35.9 Å². The number of piperazine rings is 1. The van der Waals surface area contributed by atoms with Gasteiger partial charge in [0.2, 0.25) is 11.7 Å². The number of rotatable bonds is 6. The number of halogens is 1. The maximum atomic E-state index is 13.7. The fraction of sp³-hybridized carbons (Fsp3) is 0.207. The zero-order valence-corrected chi connectivity index (χ0v) is 21.9. The first kappa shape index (κ1) is 25.4. The van der Waals surface area contributed by atoms with Crippen molar-refractivity contribution >= 4 is 23.2 Å². The van der Waals surface area contributed by atoms with Crippen molar-refractivity contribution < 1.29 is 14.3 Å². The van der Waals surface area contributed by atoms with Crippen molar-refractivity contribution in [3.63, 3.8) is 0 Å². The first-order valence-corrected chi connectivity index (χ1v) is 12.6. The minimum atomic E-state index is -0.393. The third kappa shape index (κ3) is 5.35. The van der Waals surface area contributed by atoms with Gasteiger partial charge in [-0.25, -0.2) is 0 Å². The van der Waals surface area contributed by atoms with E-state index in [4.69, 9.17) is 21.1 Å². The van der Waals surface area contributed by atoms with Crippen LogP contribution in [0.2, 0.25) is 5.02 Å². The first-order valence-electron chi connectivity index (χ1n) is 12.2. The van der Waals surface area contributed by atoms with Gasteiger partial charge in [-0.05, 0) is 59.7 Å². The highest BCUT2D eigenvalue weighted by Crippen LogP contribution is 2.32. The molecule has 0 radical (unpaired) electrons. The van der Waals surface area contributed by atoms with Gasteiger partial charge in [0.15, 0.2) is 0 Å². The Balaban J connectivity index is 1.49. The molecule has 4 aromatic rings. The van der Waals surface area contributed by atoms with E-state index >= 15 is 0 Å². The minimum absolute atomic E-state index is 0.0357. The third-order valence-corrected chi connectivity index (χ3v) is 6.78. The van der Waals surface area contributed by atoms with Gasteiger partial charge >= 0.3 is 5.56 Å². The lowest BCUT2D eigenvalue weighted by molar-refractivity contribution is -0.129. The Labute approximate surface area is 225 Å². The molecule has 3 aromatic carbocycles. The lowest BCUT2D eigenvalue weighted by Gasteiger charge is -2.35. The Morgan fingerprint density at radius 3 is 2.26 bits per heavy atom. The highest BCUT2D eigenvalue weighted by molar-refractivity contribution is 6.30. The molecule has 194 valence electrons. The summed E-state index contributed by atoms with van der Waals surface area (Å²) >= 11 is 6.04. The lowest BCUT2D eigenvalue weighted by atomic mass is 10.1. The number of aromatic nitrogens is 2. The highest BCUT2D eigenvalue weighted by atomic mass is 35.5. The summed E-state index contributed by atoms with van der Waals surface area (Å²) in [6, 6.07) is 22.2. The second-order valence-electron chi connectivity index (χ2n) is 8.90. The Morgan fingerprint density at radius 2 is 1.61 bits per heavy atom. The molecule has 0 spiro atoms. The van der Waals surface area contributed by atoms with Gasteiger partial charge < -0.3 is 19.3 Å². The number of benzene rings is 3. The van der Waals surface area contributed by atoms with E-state index in [0.29, 0.717) is 48.3 Å². The molecule has 1 aliphatic heterocycles. The van der Waals surface area contributed by atoms with Gasteiger partial charge in [0, 0.05) is 38.1 Å². The fourth-order valence-corrected chi connectivity index (χ4v) is 4.54. The predicted octanol–water partition coefficient (Wildman–Crippen LogP) is 5.02. The second-order valence-corrected chi connectivity index (χ2v) is 9.34. The second kappa shape index (κ2) is 11.0. The summed E-state index contributed by atoms with van der Waals surface area (Å²) in [7, 11) is 1.64. The first-order chi connectivity index (χ1) is 18.4. The molecule has 9 heteroatoms. The zero-order valence-electron chi connectivity index (χ0n) is 21.1. The summed E-state index contributed by atoms with van der Waals surface area (Å²) in [5, 5.41) is 4.99. The Morgan fingerprint density at radius 1 is 0.895 bits per heavy atom. The van der Waals surface area contributed by atoms with Crippen molar-refractivity contribution in [2.45, 2.75) is 6.92 Å². The van der Waals surface area contributed by atoms with E-state index in [1.54, 1.807) is 49.4 Å². The minimum Gasteiger partial charge on any atom is -0.497 e. The van der Waals surface area contributed by atoms with Gasteiger partial charge in [-0.15, -0.1) is 0 Å². The molecule has 0 atom stereocenters. The molecule has 0 saturated carbocycles. The topological polar surface area (TPSA) is 76.9 Å². The van der Waals surface area contributed by atoms with Crippen LogP contribution in [0.25, 0.3) is 16.8 Å². The molecule has 1 saturated heterocycles. The van der Waals surface area contributed by atoms with Gasteiger partial charge in [0.05, 0.1) is 19.0 Å². The van der Waals surface area contributed by atoms with E-state index in [1.807, 2.05) is 53.4 Å². The number of methoxy groups -OCH3 is 1. The summed E-state index contributed by atoms with van der Waals surface area (Å²) in [6.07, 6.45) is 1.64. The molecule has 1 aliphatic rings. The standard InChI is InChI=1S/C29H27ClN4O4/c1-20(35)32-14-16-33(17-15-32)27-19-31-34(24-10-8-23(30)9-11-24)29(36)28(27)38-25-12-6-21(7-13-25)22-4-3-5-26(18-22)37-2/h3-13,18-19H,14-17H2,1-2H3. The number of hydrogen-bond donors (Lipinski definition) is 0. The number of anilines is 1. The van der Waals surface area contributed by atoms with Crippen LogP contribution >= 0.6 is 11.6 Å². The van der Waals surface area contributed by atoms with Crippen LogP contribution in [0.5, 0.6) is 17.2 Å². The van der Waals surface area contributed by atoms with E-state index in [1.165, 1.54) is 4.68 Å². The van der Waals surface area contributed by atoms with Gasteiger partial charge in [-0.2, -0.15) is 9.78 Å². The average molecular weight is 531 g/mol. The molecule has 0 bridgehead atoms. The Bertz CT molecular complexity index is 1490. The van der Waals surface area contributed by atoms with Crippen molar-refractivity contribution in [3.05, 3.63) is 94.4 Å². The lowest BCUT2D eigenvalue weighted by Crippen LogP contribution is -2.48. The van der Waals surface area contributed by atoms with E-state index in [-0.39, 0.29) is 11.7 Å². The van der Waals surface area contributed by atoms with Crippen LogP contribution in [0.3, 0.4) is 0 Å². The van der Waals surface area contributed by atoms with Crippen LogP contribution < -0.4 is 19.9 Å². The Hall–Kier alpha value is -4.30. The van der Waals surface area contributed by atoms with Crippen molar-refractivity contribution in [3.8, 4) is 34.1 Å². The summed E-state index contributed by atoms with van der Waals surface area (Å²) in [5.41, 5.74) is 2.76. The number of amides is 1. The number of nitrogens with zero attached hydrogens (tertiary/aromatic N) is 4. The van der Waals surface area contributed by atoms with Gasteiger partial charge in [-0.3, -0.25) is 9.59 Å². The molecule has 1 fully saturated rings.